The zero-order valence-electron chi connectivity index (χ0n) is 13.3. The highest BCUT2D eigenvalue weighted by Gasteiger charge is 2.43. The van der Waals surface area contributed by atoms with Crippen LogP contribution in [0.15, 0.2) is 6.20 Å². The van der Waals surface area contributed by atoms with E-state index in [1.54, 1.807) is 11.6 Å². The molecular weight excluding hydrogens is 299 g/mol. The van der Waals surface area contributed by atoms with E-state index < -0.39 is 24.2 Å². The van der Waals surface area contributed by atoms with E-state index in [0.29, 0.717) is 5.69 Å². The maximum Gasteiger partial charge on any atom is 0.416 e. The van der Waals surface area contributed by atoms with Gasteiger partial charge in [0.05, 0.1) is 22.8 Å². The summed E-state index contributed by atoms with van der Waals surface area (Å²) in [5.74, 6) is -0.678. The normalized spacial score (nSPS) is 15.5. The largest absolute Gasteiger partial charge is 0.416 e. The smallest absolute Gasteiger partial charge is 0.382 e. The molecule has 0 bridgehead atoms. The van der Waals surface area contributed by atoms with Crippen LogP contribution < -0.4 is 5.32 Å². The first-order valence-electron chi connectivity index (χ1n) is 7.00. The molecule has 1 aromatic heterocycles. The Morgan fingerprint density at radius 2 is 1.95 bits per heavy atom. The second kappa shape index (κ2) is 6.28. The van der Waals surface area contributed by atoms with Gasteiger partial charge in [-0.25, -0.2) is 0 Å². The predicted octanol–water partition coefficient (Wildman–Crippen LogP) is 2.38. The first-order chi connectivity index (χ1) is 9.87. The summed E-state index contributed by atoms with van der Waals surface area (Å²) in [6.45, 7) is 8.75. The van der Waals surface area contributed by atoms with Gasteiger partial charge in [-0.1, -0.05) is 6.92 Å². The van der Waals surface area contributed by atoms with E-state index in [-0.39, 0.29) is 17.5 Å². The molecule has 0 aliphatic carbocycles. The van der Waals surface area contributed by atoms with Gasteiger partial charge in [0.1, 0.15) is 0 Å². The minimum Gasteiger partial charge on any atom is -0.382 e. The molecule has 0 radical (unpaired) electrons. The molecule has 0 saturated heterocycles. The van der Waals surface area contributed by atoms with Gasteiger partial charge in [-0.05, 0) is 34.1 Å². The van der Waals surface area contributed by atoms with Gasteiger partial charge in [0.15, 0.2) is 6.10 Å². The Labute approximate surface area is 127 Å². The van der Waals surface area contributed by atoms with Gasteiger partial charge >= 0.3 is 6.18 Å². The van der Waals surface area contributed by atoms with E-state index in [0.717, 1.165) is 0 Å². The van der Waals surface area contributed by atoms with Gasteiger partial charge in [0.25, 0.3) is 5.91 Å². The fraction of sp³-hybridized carbons (Fsp3) is 0.714. The molecule has 2 atom stereocenters. The number of carbonyl (C=O) groups is 1. The van der Waals surface area contributed by atoms with E-state index >= 15 is 0 Å². The monoisotopic (exact) mass is 321 g/mol. The van der Waals surface area contributed by atoms with Gasteiger partial charge in [0.2, 0.25) is 0 Å². The lowest BCUT2D eigenvalue weighted by molar-refractivity contribution is -0.211. The van der Waals surface area contributed by atoms with Crippen LogP contribution >= 0.6 is 0 Å². The van der Waals surface area contributed by atoms with Crippen LogP contribution in [0.5, 0.6) is 0 Å². The van der Waals surface area contributed by atoms with Crippen molar-refractivity contribution in [2.45, 2.75) is 64.9 Å². The summed E-state index contributed by atoms with van der Waals surface area (Å²) >= 11 is 0. The number of aryl methyl sites for hydroxylation is 1. The van der Waals surface area contributed by atoms with E-state index in [9.17, 15) is 23.1 Å². The Kier molecular flexibility index (Phi) is 5.27. The van der Waals surface area contributed by atoms with Crippen LogP contribution in [-0.4, -0.2) is 39.1 Å². The number of rotatable bonds is 4. The molecule has 1 aromatic rings. The number of nitrogens with one attached hydrogen (secondary N) is 1. The average molecular weight is 321 g/mol. The second-order valence-corrected chi connectivity index (χ2v) is 6.22. The fourth-order valence-electron chi connectivity index (χ4n) is 1.91. The number of aromatic nitrogens is 2. The molecule has 0 spiro atoms. The highest BCUT2D eigenvalue weighted by Crippen LogP contribution is 2.24. The number of alkyl halides is 3. The molecule has 5 nitrogen and oxygen atoms in total. The molecule has 8 heteroatoms. The van der Waals surface area contributed by atoms with Crippen molar-refractivity contribution in [1.82, 2.24) is 15.1 Å². The Morgan fingerprint density at radius 3 is 2.32 bits per heavy atom. The number of nitrogens with zero attached hydrogens (tertiary/aromatic N) is 2. The maximum atomic E-state index is 12.6. The molecule has 0 fully saturated rings. The Bertz CT molecular complexity index is 532. The van der Waals surface area contributed by atoms with Crippen LogP contribution in [0, 0.1) is 6.92 Å². The predicted molar refractivity (Wildman–Crippen MR) is 75.6 cm³/mol. The third kappa shape index (κ3) is 4.22. The highest BCUT2D eigenvalue weighted by atomic mass is 19.4. The number of hydrogen-bond acceptors (Lipinski definition) is 3. The number of halogens is 3. The standard InChI is InChI=1S/C14H22F3N3O2/c1-6-10(11(21)14(15,16)17)18-12(22)9-7-20(13(3,4)5)19-8(9)2/h7,10-11,21H,6H2,1-5H3,(H,18,22). The molecule has 0 saturated carbocycles. The van der Waals surface area contributed by atoms with Gasteiger partial charge in [-0.15, -0.1) is 0 Å². The number of hydrogen-bond donors (Lipinski definition) is 2. The summed E-state index contributed by atoms with van der Waals surface area (Å²) in [6, 6.07) is -1.40. The van der Waals surface area contributed by atoms with Crippen molar-refractivity contribution in [3.8, 4) is 0 Å². The highest BCUT2D eigenvalue weighted by molar-refractivity contribution is 5.95. The van der Waals surface area contributed by atoms with Crippen molar-refractivity contribution in [3.63, 3.8) is 0 Å². The Balaban J connectivity index is 2.95. The van der Waals surface area contributed by atoms with E-state index in [1.807, 2.05) is 20.8 Å². The summed E-state index contributed by atoms with van der Waals surface area (Å²) < 4.78 is 39.3. The summed E-state index contributed by atoms with van der Waals surface area (Å²) in [6.07, 6.45) is -5.92. The third-order valence-corrected chi connectivity index (χ3v) is 3.30. The molecule has 1 heterocycles. The van der Waals surface area contributed by atoms with Gasteiger partial charge < -0.3 is 10.4 Å². The SMILES string of the molecule is CCC(NC(=O)c1cn(C(C)(C)C)nc1C)C(O)C(F)(F)F. The van der Waals surface area contributed by atoms with Crippen LogP contribution in [0.4, 0.5) is 13.2 Å². The van der Waals surface area contributed by atoms with Gasteiger partial charge in [-0.2, -0.15) is 18.3 Å². The van der Waals surface area contributed by atoms with E-state index in [2.05, 4.69) is 10.4 Å². The lowest BCUT2D eigenvalue weighted by Crippen LogP contribution is -2.49. The number of aliphatic hydroxyl groups is 1. The zero-order valence-corrected chi connectivity index (χ0v) is 13.3. The van der Waals surface area contributed by atoms with Crippen molar-refractivity contribution in [3.05, 3.63) is 17.5 Å². The molecule has 126 valence electrons. The van der Waals surface area contributed by atoms with Crippen LogP contribution in [0.1, 0.15) is 50.2 Å². The van der Waals surface area contributed by atoms with Crippen molar-refractivity contribution in [2.24, 2.45) is 0 Å². The third-order valence-electron chi connectivity index (χ3n) is 3.30. The van der Waals surface area contributed by atoms with Crippen molar-refractivity contribution >= 4 is 5.91 Å². The molecule has 22 heavy (non-hydrogen) atoms. The van der Waals surface area contributed by atoms with Crippen molar-refractivity contribution in [2.75, 3.05) is 0 Å². The Morgan fingerprint density at radius 1 is 1.41 bits per heavy atom. The second-order valence-electron chi connectivity index (χ2n) is 6.22. The average Bonchev–Trinajstić information content (AvgIpc) is 2.76. The molecule has 0 aliphatic heterocycles. The van der Waals surface area contributed by atoms with E-state index in [1.165, 1.54) is 13.1 Å². The Hall–Kier alpha value is -1.57. The minimum absolute atomic E-state index is 0.0428. The minimum atomic E-state index is -4.78. The lowest BCUT2D eigenvalue weighted by atomic mass is 10.1. The quantitative estimate of drug-likeness (QED) is 0.895. The molecular formula is C14H22F3N3O2. The molecule has 1 rings (SSSR count). The summed E-state index contributed by atoms with van der Waals surface area (Å²) in [4.78, 5) is 12.2. The van der Waals surface area contributed by atoms with E-state index in [4.69, 9.17) is 0 Å². The first-order valence-corrected chi connectivity index (χ1v) is 7.00. The van der Waals surface area contributed by atoms with Crippen molar-refractivity contribution < 1.29 is 23.1 Å². The van der Waals surface area contributed by atoms with Gasteiger partial charge in [0, 0.05) is 6.20 Å². The number of aliphatic hydroxyl groups excluding tert-OH is 1. The maximum absolute atomic E-state index is 12.6. The molecule has 1 amide bonds. The van der Waals surface area contributed by atoms with Crippen molar-refractivity contribution in [1.29, 1.82) is 0 Å². The fourth-order valence-corrected chi connectivity index (χ4v) is 1.91. The summed E-state index contributed by atoms with van der Waals surface area (Å²) in [5.41, 5.74) is 0.269. The van der Waals surface area contributed by atoms with Crippen LogP contribution in [0.2, 0.25) is 0 Å². The van der Waals surface area contributed by atoms with Crippen LogP contribution in [-0.2, 0) is 5.54 Å². The number of amides is 1. The topological polar surface area (TPSA) is 67.2 Å². The summed E-state index contributed by atoms with van der Waals surface area (Å²) in [7, 11) is 0. The first kappa shape index (κ1) is 18.5. The van der Waals surface area contributed by atoms with Gasteiger partial charge in [-0.3, -0.25) is 9.48 Å². The molecule has 0 aliphatic rings. The number of carbonyl (C=O) groups excluding carboxylic acids is 1. The summed E-state index contributed by atoms with van der Waals surface area (Å²) in [5, 5.41) is 15.7. The zero-order chi connectivity index (χ0) is 17.3. The van der Waals surface area contributed by atoms with Crippen LogP contribution in [0.3, 0.4) is 0 Å². The molecule has 0 aromatic carbocycles. The van der Waals surface area contributed by atoms with Crippen LogP contribution in [0.25, 0.3) is 0 Å². The lowest BCUT2D eigenvalue weighted by Gasteiger charge is -2.24. The molecule has 2 N–H and O–H groups in total. The molecule has 2 unspecified atom stereocenters.